The summed E-state index contributed by atoms with van der Waals surface area (Å²) in [6.45, 7) is 2.64. The van der Waals surface area contributed by atoms with Crippen LogP contribution in [0.25, 0.3) is 0 Å². The van der Waals surface area contributed by atoms with Gasteiger partial charge in [-0.3, -0.25) is 0 Å². The van der Waals surface area contributed by atoms with Crippen molar-refractivity contribution in [1.29, 1.82) is 0 Å². The highest BCUT2D eigenvalue weighted by molar-refractivity contribution is 5.98. The molecule has 0 bridgehead atoms. The molecule has 1 heterocycles. The van der Waals surface area contributed by atoms with E-state index in [9.17, 15) is 4.79 Å². The Hall–Kier alpha value is -1.75. The molecule has 0 amide bonds. The number of fused-ring (bicyclic) bond motifs is 1. The van der Waals surface area contributed by atoms with Crippen LogP contribution in [0, 0.1) is 0 Å². The van der Waals surface area contributed by atoms with E-state index in [4.69, 9.17) is 14.2 Å². The fourth-order valence-electron chi connectivity index (χ4n) is 2.62. The van der Waals surface area contributed by atoms with Crippen LogP contribution in [0.2, 0.25) is 0 Å². The predicted molar refractivity (Wildman–Crippen MR) is 75.6 cm³/mol. The van der Waals surface area contributed by atoms with Gasteiger partial charge in [-0.1, -0.05) is 6.92 Å². The summed E-state index contributed by atoms with van der Waals surface area (Å²) in [4.78, 5) is 14.1. The van der Waals surface area contributed by atoms with Gasteiger partial charge in [0, 0.05) is 17.7 Å². The third-order valence-electron chi connectivity index (χ3n) is 3.48. The van der Waals surface area contributed by atoms with Crippen LogP contribution in [0.1, 0.15) is 34.5 Å². The lowest BCUT2D eigenvalue weighted by Crippen LogP contribution is -2.20. The number of esters is 1. The van der Waals surface area contributed by atoms with Crippen molar-refractivity contribution in [3.63, 3.8) is 0 Å². The first-order chi connectivity index (χ1) is 9.53. The number of nitrogens with zero attached hydrogens (tertiary/aromatic N) is 1. The Morgan fingerprint density at radius 3 is 2.50 bits per heavy atom. The smallest absolute Gasteiger partial charge is 0.343 e. The lowest BCUT2D eigenvalue weighted by Gasteiger charge is -2.18. The van der Waals surface area contributed by atoms with E-state index in [-0.39, 0.29) is 12.1 Å². The molecule has 1 unspecified atom stereocenters. The van der Waals surface area contributed by atoms with Crippen LogP contribution in [-0.2, 0) is 11.2 Å². The van der Waals surface area contributed by atoms with Gasteiger partial charge in [0.2, 0.25) is 0 Å². The summed E-state index contributed by atoms with van der Waals surface area (Å²) in [5, 5.41) is 0. The van der Waals surface area contributed by atoms with Gasteiger partial charge in [0.15, 0.2) is 0 Å². The van der Waals surface area contributed by atoms with Crippen LogP contribution in [0.3, 0.4) is 0 Å². The highest BCUT2D eigenvalue weighted by Gasteiger charge is 2.36. The summed E-state index contributed by atoms with van der Waals surface area (Å²) in [5.41, 5.74) is 2.28. The second-order valence-electron chi connectivity index (χ2n) is 5.06. The van der Waals surface area contributed by atoms with E-state index in [1.165, 1.54) is 0 Å². The molecule has 1 atom stereocenters. The SMILES string of the molecule is CCc1c(OC)cc2c(c1OC)C(=O)OC2CN(C)C. The Kier molecular flexibility index (Phi) is 4.18. The third kappa shape index (κ3) is 2.33. The van der Waals surface area contributed by atoms with Crippen LogP contribution in [0.15, 0.2) is 6.07 Å². The first kappa shape index (κ1) is 14.7. The van der Waals surface area contributed by atoms with Crippen molar-refractivity contribution in [3.05, 3.63) is 22.8 Å². The molecular weight excluding hydrogens is 258 g/mol. The average molecular weight is 279 g/mol. The number of carbonyl (C=O) groups is 1. The Morgan fingerprint density at radius 1 is 1.30 bits per heavy atom. The zero-order chi connectivity index (χ0) is 14.9. The predicted octanol–water partition coefficient (Wildman–Crippen LogP) is 2.04. The summed E-state index contributed by atoms with van der Waals surface area (Å²) in [6.07, 6.45) is 0.451. The topological polar surface area (TPSA) is 48.0 Å². The number of hydrogen-bond acceptors (Lipinski definition) is 5. The van der Waals surface area contributed by atoms with Gasteiger partial charge in [0.05, 0.1) is 14.2 Å². The number of methoxy groups -OCH3 is 2. The van der Waals surface area contributed by atoms with Gasteiger partial charge in [0.25, 0.3) is 0 Å². The van der Waals surface area contributed by atoms with Crippen LogP contribution >= 0.6 is 0 Å². The van der Waals surface area contributed by atoms with Crippen molar-refractivity contribution in [2.45, 2.75) is 19.4 Å². The van der Waals surface area contributed by atoms with Gasteiger partial charge in [-0.25, -0.2) is 4.79 Å². The van der Waals surface area contributed by atoms with E-state index in [0.717, 1.165) is 23.3 Å². The summed E-state index contributed by atoms with van der Waals surface area (Å²) >= 11 is 0. The van der Waals surface area contributed by atoms with Crippen LogP contribution in [-0.4, -0.2) is 45.7 Å². The summed E-state index contributed by atoms with van der Waals surface area (Å²) in [5.74, 6) is 0.999. The molecule has 110 valence electrons. The lowest BCUT2D eigenvalue weighted by atomic mass is 9.97. The van der Waals surface area contributed by atoms with Gasteiger partial charge in [-0.2, -0.15) is 0 Å². The van der Waals surface area contributed by atoms with Crippen molar-refractivity contribution in [2.24, 2.45) is 0 Å². The van der Waals surface area contributed by atoms with Gasteiger partial charge in [-0.05, 0) is 26.6 Å². The molecule has 0 fully saturated rings. The molecule has 1 aromatic carbocycles. The van der Waals surface area contributed by atoms with Crippen LogP contribution in [0.4, 0.5) is 0 Å². The average Bonchev–Trinajstić information content (AvgIpc) is 2.72. The molecular formula is C15H21NO4. The summed E-state index contributed by atoms with van der Waals surface area (Å²) in [7, 11) is 7.08. The minimum absolute atomic E-state index is 0.277. The molecule has 0 radical (unpaired) electrons. The molecule has 5 heteroatoms. The number of hydrogen-bond donors (Lipinski definition) is 0. The number of rotatable bonds is 5. The second-order valence-corrected chi connectivity index (χ2v) is 5.06. The molecule has 0 N–H and O–H groups in total. The second kappa shape index (κ2) is 5.71. The fraction of sp³-hybridized carbons (Fsp3) is 0.533. The summed E-state index contributed by atoms with van der Waals surface area (Å²) < 4.78 is 16.4. The van der Waals surface area contributed by atoms with Gasteiger partial charge < -0.3 is 19.1 Å². The van der Waals surface area contributed by atoms with E-state index in [1.54, 1.807) is 14.2 Å². The number of cyclic esters (lactones) is 1. The lowest BCUT2D eigenvalue weighted by molar-refractivity contribution is 0.0330. The fourth-order valence-corrected chi connectivity index (χ4v) is 2.62. The molecule has 1 aliphatic rings. The zero-order valence-corrected chi connectivity index (χ0v) is 12.6. The van der Waals surface area contributed by atoms with Gasteiger partial charge in [0.1, 0.15) is 23.2 Å². The van der Waals surface area contributed by atoms with E-state index in [2.05, 4.69) is 0 Å². The minimum atomic E-state index is -0.318. The maximum Gasteiger partial charge on any atom is 0.343 e. The molecule has 2 rings (SSSR count). The van der Waals surface area contributed by atoms with E-state index in [0.29, 0.717) is 17.9 Å². The number of carbonyl (C=O) groups excluding carboxylic acids is 1. The highest BCUT2D eigenvalue weighted by Crippen LogP contribution is 2.43. The Labute approximate surface area is 119 Å². The van der Waals surface area contributed by atoms with Gasteiger partial charge in [-0.15, -0.1) is 0 Å². The molecule has 0 saturated heterocycles. The van der Waals surface area contributed by atoms with Crippen LogP contribution < -0.4 is 9.47 Å². The maximum absolute atomic E-state index is 12.1. The molecule has 0 aliphatic carbocycles. The number of benzene rings is 1. The van der Waals surface area contributed by atoms with Crippen molar-refractivity contribution < 1.29 is 19.0 Å². The molecule has 1 aromatic rings. The minimum Gasteiger partial charge on any atom is -0.496 e. The van der Waals surface area contributed by atoms with Crippen molar-refractivity contribution >= 4 is 5.97 Å². The normalized spacial score (nSPS) is 17.1. The quantitative estimate of drug-likeness (QED) is 0.772. The third-order valence-corrected chi connectivity index (χ3v) is 3.48. The van der Waals surface area contributed by atoms with Crippen molar-refractivity contribution in [3.8, 4) is 11.5 Å². The van der Waals surface area contributed by atoms with E-state index in [1.807, 2.05) is 32.0 Å². The van der Waals surface area contributed by atoms with E-state index >= 15 is 0 Å². The molecule has 20 heavy (non-hydrogen) atoms. The zero-order valence-electron chi connectivity index (χ0n) is 12.6. The van der Waals surface area contributed by atoms with Crippen molar-refractivity contribution in [2.75, 3.05) is 34.9 Å². The number of ether oxygens (including phenoxy) is 3. The Bertz CT molecular complexity index is 525. The van der Waals surface area contributed by atoms with Gasteiger partial charge >= 0.3 is 5.97 Å². The molecule has 0 spiro atoms. The maximum atomic E-state index is 12.1. The Balaban J connectivity index is 2.60. The highest BCUT2D eigenvalue weighted by atomic mass is 16.6. The van der Waals surface area contributed by atoms with Crippen molar-refractivity contribution in [1.82, 2.24) is 4.90 Å². The standard InChI is InChI=1S/C15H21NO4/c1-6-9-11(18-4)7-10-12(8-16(2)3)20-15(17)13(10)14(9)19-5/h7,12H,6,8H2,1-5H3. The number of likely N-dealkylation sites (N-methyl/N-ethyl adjacent to an activating group) is 1. The first-order valence-corrected chi connectivity index (χ1v) is 6.66. The summed E-state index contributed by atoms with van der Waals surface area (Å²) in [6, 6.07) is 1.90. The molecule has 5 nitrogen and oxygen atoms in total. The van der Waals surface area contributed by atoms with E-state index < -0.39 is 0 Å². The largest absolute Gasteiger partial charge is 0.496 e. The Morgan fingerprint density at radius 2 is 2.00 bits per heavy atom. The molecule has 1 aliphatic heterocycles. The monoisotopic (exact) mass is 279 g/mol. The van der Waals surface area contributed by atoms with Crippen LogP contribution in [0.5, 0.6) is 11.5 Å². The molecule has 0 saturated carbocycles. The first-order valence-electron chi connectivity index (χ1n) is 6.66. The molecule has 0 aromatic heterocycles.